The molecule has 3 aromatic heterocycles. The number of hydrogen-bond donors (Lipinski definition) is 1. The Labute approximate surface area is 196 Å². The van der Waals surface area contributed by atoms with Crippen LogP contribution in [0.4, 0.5) is 24.5 Å². The van der Waals surface area contributed by atoms with Gasteiger partial charge in [-0.1, -0.05) is 13.8 Å². The lowest BCUT2D eigenvalue weighted by Crippen LogP contribution is -2.49. The molecule has 0 fully saturated rings. The van der Waals surface area contributed by atoms with Crippen molar-refractivity contribution in [3.05, 3.63) is 65.0 Å². The van der Waals surface area contributed by atoms with E-state index in [1.807, 2.05) is 44.9 Å². The van der Waals surface area contributed by atoms with Gasteiger partial charge in [-0.2, -0.15) is 18.3 Å². The number of aromatic nitrogens is 4. The van der Waals surface area contributed by atoms with Crippen molar-refractivity contribution in [2.75, 3.05) is 17.3 Å². The zero-order valence-electron chi connectivity index (χ0n) is 19.5. The maximum Gasteiger partial charge on any atom is 0.417 e. The summed E-state index contributed by atoms with van der Waals surface area (Å²) in [5, 5.41) is 7.52. The number of carbonyl (C=O) groups is 1. The number of nitrogens with one attached hydrogen (secondary N) is 1. The molecule has 1 aliphatic heterocycles. The SMILES string of the molecule is Cc1nc(CCc2ccn(Cc3ccc(C(F)(F)F)cn3)n2)cc2c1NC(=O)[C@H](C(C)C)N2C. The first kappa shape index (κ1) is 23.7. The van der Waals surface area contributed by atoms with Crippen LogP contribution in [0.2, 0.25) is 0 Å². The van der Waals surface area contributed by atoms with Crippen molar-refractivity contribution in [3.8, 4) is 0 Å². The van der Waals surface area contributed by atoms with Crippen molar-refractivity contribution >= 4 is 17.3 Å². The first-order chi connectivity index (χ1) is 16.0. The van der Waals surface area contributed by atoms with E-state index < -0.39 is 11.7 Å². The second kappa shape index (κ2) is 9.08. The number of aryl methyl sites for hydroxylation is 3. The topological polar surface area (TPSA) is 75.9 Å². The Balaban J connectivity index is 1.43. The average molecular weight is 473 g/mol. The number of anilines is 2. The molecule has 1 N–H and O–H groups in total. The number of amides is 1. The number of rotatable bonds is 6. The third-order valence-corrected chi connectivity index (χ3v) is 5.99. The van der Waals surface area contributed by atoms with Crippen LogP contribution in [0.5, 0.6) is 0 Å². The lowest BCUT2D eigenvalue weighted by atomic mass is 9.97. The summed E-state index contributed by atoms with van der Waals surface area (Å²) in [6, 6.07) is 6.05. The highest BCUT2D eigenvalue weighted by Gasteiger charge is 2.34. The lowest BCUT2D eigenvalue weighted by Gasteiger charge is -2.38. The van der Waals surface area contributed by atoms with Crippen LogP contribution in [0.1, 0.15) is 42.2 Å². The number of carbonyl (C=O) groups excluding carboxylic acids is 1. The number of likely N-dealkylation sites (N-methyl/N-ethyl adjacent to an activating group) is 1. The van der Waals surface area contributed by atoms with Crippen molar-refractivity contribution in [1.29, 1.82) is 0 Å². The molecule has 0 saturated carbocycles. The van der Waals surface area contributed by atoms with Gasteiger partial charge in [0.15, 0.2) is 0 Å². The Morgan fingerprint density at radius 1 is 1.12 bits per heavy atom. The van der Waals surface area contributed by atoms with E-state index in [4.69, 9.17) is 0 Å². The van der Waals surface area contributed by atoms with Gasteiger partial charge in [-0.25, -0.2) is 0 Å². The number of fused-ring (bicyclic) bond motifs is 1. The highest BCUT2D eigenvalue weighted by molar-refractivity contribution is 6.04. The number of nitrogens with zero attached hydrogens (tertiary/aromatic N) is 5. The summed E-state index contributed by atoms with van der Waals surface area (Å²) in [6.07, 6.45) is -0.451. The predicted octanol–water partition coefficient (Wildman–Crippen LogP) is 4.25. The van der Waals surface area contributed by atoms with E-state index in [1.165, 1.54) is 6.07 Å². The number of pyridine rings is 2. The average Bonchev–Trinajstić information content (AvgIpc) is 3.20. The van der Waals surface area contributed by atoms with E-state index in [2.05, 4.69) is 20.4 Å². The van der Waals surface area contributed by atoms with Crippen molar-refractivity contribution in [2.45, 2.75) is 52.4 Å². The van der Waals surface area contributed by atoms with Crippen LogP contribution >= 0.6 is 0 Å². The molecule has 0 aromatic carbocycles. The van der Waals surface area contributed by atoms with Crippen molar-refractivity contribution in [1.82, 2.24) is 19.7 Å². The molecular formula is C24H27F3N6O. The van der Waals surface area contributed by atoms with E-state index >= 15 is 0 Å². The number of halogens is 3. The Bertz CT molecular complexity index is 1190. The smallest absolute Gasteiger partial charge is 0.361 e. The molecular weight excluding hydrogens is 445 g/mol. The molecule has 0 aliphatic carbocycles. The van der Waals surface area contributed by atoms with Gasteiger partial charge in [0, 0.05) is 25.1 Å². The quantitative estimate of drug-likeness (QED) is 0.581. The molecule has 0 radical (unpaired) electrons. The van der Waals surface area contributed by atoms with Crippen LogP contribution in [-0.4, -0.2) is 38.7 Å². The highest BCUT2D eigenvalue weighted by Crippen LogP contribution is 2.35. The largest absolute Gasteiger partial charge is 0.417 e. The van der Waals surface area contributed by atoms with Crippen molar-refractivity contribution < 1.29 is 18.0 Å². The summed E-state index contributed by atoms with van der Waals surface area (Å²) < 4.78 is 39.8. The summed E-state index contributed by atoms with van der Waals surface area (Å²) in [6.45, 7) is 6.22. The fourth-order valence-corrected chi connectivity index (χ4v) is 4.29. The van der Waals surface area contributed by atoms with Gasteiger partial charge in [0.1, 0.15) is 6.04 Å². The molecule has 4 heterocycles. The zero-order chi connectivity index (χ0) is 24.6. The molecule has 4 rings (SSSR count). The molecule has 1 atom stereocenters. The molecule has 34 heavy (non-hydrogen) atoms. The van der Waals surface area contributed by atoms with Crippen LogP contribution in [-0.2, 0) is 30.4 Å². The Morgan fingerprint density at radius 3 is 2.50 bits per heavy atom. The number of hydrogen-bond acceptors (Lipinski definition) is 5. The van der Waals surface area contributed by atoms with Crippen LogP contribution in [0.25, 0.3) is 0 Å². The fourth-order valence-electron chi connectivity index (χ4n) is 4.29. The minimum Gasteiger partial charge on any atom is -0.361 e. The second-order valence-corrected chi connectivity index (χ2v) is 8.92. The molecule has 180 valence electrons. The lowest BCUT2D eigenvalue weighted by molar-refractivity contribution is -0.137. The first-order valence-corrected chi connectivity index (χ1v) is 11.1. The monoisotopic (exact) mass is 472 g/mol. The normalized spacial score (nSPS) is 16.1. The molecule has 0 spiro atoms. The first-order valence-electron chi connectivity index (χ1n) is 11.1. The molecule has 1 aliphatic rings. The minimum absolute atomic E-state index is 0.0178. The van der Waals surface area contributed by atoms with Crippen molar-refractivity contribution in [3.63, 3.8) is 0 Å². The van der Waals surface area contributed by atoms with Crippen LogP contribution in [0.3, 0.4) is 0 Å². The molecule has 3 aromatic rings. The second-order valence-electron chi connectivity index (χ2n) is 8.92. The van der Waals surface area contributed by atoms with Gasteiger partial charge in [-0.3, -0.25) is 19.4 Å². The van der Waals surface area contributed by atoms with Crippen LogP contribution in [0, 0.1) is 12.8 Å². The Kier molecular flexibility index (Phi) is 6.33. The summed E-state index contributed by atoms with van der Waals surface area (Å²) in [5.41, 5.74) is 3.97. The van der Waals surface area contributed by atoms with E-state index in [0.717, 1.165) is 40.7 Å². The fraction of sp³-hybridized carbons (Fsp3) is 0.417. The van der Waals surface area contributed by atoms with E-state index in [0.29, 0.717) is 18.5 Å². The van der Waals surface area contributed by atoms with E-state index in [-0.39, 0.29) is 24.4 Å². The van der Waals surface area contributed by atoms with Gasteiger partial charge in [0.2, 0.25) is 5.91 Å². The van der Waals surface area contributed by atoms with Gasteiger partial charge in [0.05, 0.1) is 40.6 Å². The Hall–Kier alpha value is -3.43. The Morgan fingerprint density at radius 2 is 1.85 bits per heavy atom. The van der Waals surface area contributed by atoms with Crippen LogP contribution in [0.15, 0.2) is 36.7 Å². The third-order valence-electron chi connectivity index (χ3n) is 5.99. The summed E-state index contributed by atoms with van der Waals surface area (Å²) in [5.74, 6) is 0.147. The van der Waals surface area contributed by atoms with Crippen LogP contribution < -0.4 is 10.2 Å². The summed E-state index contributed by atoms with van der Waals surface area (Å²) in [4.78, 5) is 23.1. The van der Waals surface area contributed by atoms with Crippen molar-refractivity contribution in [2.24, 2.45) is 5.92 Å². The molecule has 7 nitrogen and oxygen atoms in total. The van der Waals surface area contributed by atoms with Gasteiger partial charge < -0.3 is 10.2 Å². The molecule has 1 amide bonds. The number of alkyl halides is 3. The molecule has 0 unspecified atom stereocenters. The van der Waals surface area contributed by atoms with E-state index in [1.54, 1.807) is 10.9 Å². The van der Waals surface area contributed by atoms with E-state index in [9.17, 15) is 18.0 Å². The molecule has 0 bridgehead atoms. The highest BCUT2D eigenvalue weighted by atomic mass is 19.4. The predicted molar refractivity (Wildman–Crippen MR) is 123 cm³/mol. The van der Waals surface area contributed by atoms with Gasteiger partial charge in [-0.15, -0.1) is 0 Å². The minimum atomic E-state index is -4.40. The third kappa shape index (κ3) is 4.90. The zero-order valence-corrected chi connectivity index (χ0v) is 19.5. The molecule has 0 saturated heterocycles. The maximum atomic E-state index is 12.7. The standard InChI is InChI=1S/C24H27F3N6O/c1-14(2)22-23(34)30-21-15(3)29-18(11-20(21)32(22)4)8-7-17-9-10-33(31-17)13-19-6-5-16(12-28-19)24(25,26)27/h5-6,9-12,14,22H,7-8,13H2,1-4H3,(H,30,34)/t22-/m0/s1. The van der Waals surface area contributed by atoms with Gasteiger partial charge >= 0.3 is 6.18 Å². The molecule has 10 heteroatoms. The maximum absolute atomic E-state index is 12.7. The van der Waals surface area contributed by atoms with Gasteiger partial charge in [-0.05, 0) is 49.9 Å². The summed E-state index contributed by atoms with van der Waals surface area (Å²) >= 11 is 0. The van der Waals surface area contributed by atoms with Gasteiger partial charge in [0.25, 0.3) is 0 Å². The summed E-state index contributed by atoms with van der Waals surface area (Å²) in [7, 11) is 1.93.